The highest BCUT2D eigenvalue weighted by Gasteiger charge is 2.07. The van der Waals surface area contributed by atoms with E-state index < -0.39 is 0 Å². The molecule has 0 atom stereocenters. The summed E-state index contributed by atoms with van der Waals surface area (Å²) >= 11 is 1.74. The molecule has 0 aliphatic rings. The lowest BCUT2D eigenvalue weighted by Gasteiger charge is -2.05. The van der Waals surface area contributed by atoms with E-state index in [1.165, 1.54) is 9.88 Å². The van der Waals surface area contributed by atoms with E-state index in [0.717, 1.165) is 30.0 Å². The molecule has 2 N–H and O–H groups in total. The molecule has 0 fully saturated rings. The second-order valence-electron chi connectivity index (χ2n) is 4.23. The number of nitrogen functional groups attached to an aromatic ring is 1. The minimum Gasteiger partial charge on any atom is -0.488 e. The van der Waals surface area contributed by atoms with Crippen molar-refractivity contribution in [3.63, 3.8) is 0 Å². The van der Waals surface area contributed by atoms with Crippen LogP contribution in [-0.4, -0.2) is 4.98 Å². The van der Waals surface area contributed by atoms with Gasteiger partial charge in [0.15, 0.2) is 0 Å². The average Bonchev–Trinajstić information content (AvgIpc) is 2.68. The number of anilines is 1. The standard InChI is InChI=1S/C14H18N2OS/c1-3-5-14-16-10(2)13(18-14)9-17-12-7-4-6-11(15)8-12/h4,6-8H,3,5,9,15H2,1-2H3. The van der Waals surface area contributed by atoms with Crippen LogP contribution in [0.1, 0.15) is 28.9 Å². The molecule has 2 aromatic rings. The Morgan fingerprint density at radius 3 is 2.94 bits per heavy atom. The molecule has 18 heavy (non-hydrogen) atoms. The van der Waals surface area contributed by atoms with Crippen molar-refractivity contribution in [1.29, 1.82) is 0 Å². The zero-order chi connectivity index (χ0) is 13.0. The number of hydrogen-bond donors (Lipinski definition) is 1. The number of aromatic nitrogens is 1. The van der Waals surface area contributed by atoms with Gasteiger partial charge in [0.1, 0.15) is 12.4 Å². The van der Waals surface area contributed by atoms with Gasteiger partial charge in [-0.2, -0.15) is 0 Å². The highest BCUT2D eigenvalue weighted by molar-refractivity contribution is 7.11. The maximum Gasteiger partial charge on any atom is 0.124 e. The Morgan fingerprint density at radius 2 is 2.22 bits per heavy atom. The van der Waals surface area contributed by atoms with E-state index in [1.807, 2.05) is 31.2 Å². The smallest absolute Gasteiger partial charge is 0.124 e. The maximum atomic E-state index is 5.74. The van der Waals surface area contributed by atoms with Gasteiger partial charge in [0.05, 0.1) is 15.6 Å². The molecule has 0 unspecified atom stereocenters. The third-order valence-corrected chi connectivity index (χ3v) is 3.82. The number of nitrogens with zero attached hydrogens (tertiary/aromatic N) is 1. The van der Waals surface area contributed by atoms with E-state index in [0.29, 0.717) is 6.61 Å². The highest BCUT2D eigenvalue weighted by Crippen LogP contribution is 2.22. The molecule has 0 spiro atoms. The van der Waals surface area contributed by atoms with Gasteiger partial charge >= 0.3 is 0 Å². The largest absolute Gasteiger partial charge is 0.488 e. The minimum absolute atomic E-state index is 0.566. The fourth-order valence-corrected chi connectivity index (χ4v) is 2.78. The van der Waals surface area contributed by atoms with Crippen LogP contribution in [0, 0.1) is 6.92 Å². The molecule has 96 valence electrons. The summed E-state index contributed by atoms with van der Waals surface area (Å²) in [6.45, 7) is 4.77. The molecule has 0 aliphatic heterocycles. The normalized spacial score (nSPS) is 10.6. The summed E-state index contributed by atoms with van der Waals surface area (Å²) in [4.78, 5) is 5.74. The molecule has 0 aliphatic carbocycles. The molecule has 0 bridgehead atoms. The van der Waals surface area contributed by atoms with Crippen LogP contribution >= 0.6 is 11.3 Å². The third kappa shape index (κ3) is 3.23. The minimum atomic E-state index is 0.566. The van der Waals surface area contributed by atoms with Crippen LogP contribution in [0.4, 0.5) is 5.69 Å². The summed E-state index contributed by atoms with van der Waals surface area (Å²) in [5.41, 5.74) is 7.51. The topological polar surface area (TPSA) is 48.1 Å². The summed E-state index contributed by atoms with van der Waals surface area (Å²) in [7, 11) is 0. The van der Waals surface area contributed by atoms with Gasteiger partial charge in [-0.25, -0.2) is 4.98 Å². The Morgan fingerprint density at radius 1 is 1.39 bits per heavy atom. The van der Waals surface area contributed by atoms with Crippen molar-refractivity contribution < 1.29 is 4.74 Å². The van der Waals surface area contributed by atoms with Crippen LogP contribution in [0.5, 0.6) is 5.75 Å². The van der Waals surface area contributed by atoms with Crippen LogP contribution in [0.25, 0.3) is 0 Å². The van der Waals surface area contributed by atoms with Crippen molar-refractivity contribution in [3.05, 3.63) is 39.8 Å². The van der Waals surface area contributed by atoms with Gasteiger partial charge in [0.2, 0.25) is 0 Å². The molecule has 1 aromatic carbocycles. The van der Waals surface area contributed by atoms with Gasteiger partial charge < -0.3 is 10.5 Å². The molecule has 1 heterocycles. The maximum absolute atomic E-state index is 5.74. The summed E-state index contributed by atoms with van der Waals surface area (Å²) in [6.07, 6.45) is 2.17. The van der Waals surface area contributed by atoms with Crippen molar-refractivity contribution in [1.82, 2.24) is 4.98 Å². The van der Waals surface area contributed by atoms with Gasteiger partial charge in [0.25, 0.3) is 0 Å². The molecule has 2 rings (SSSR count). The summed E-state index contributed by atoms with van der Waals surface area (Å²) < 4.78 is 5.74. The fourth-order valence-electron chi connectivity index (χ4n) is 1.70. The average molecular weight is 262 g/mol. The SMILES string of the molecule is CCCc1nc(C)c(COc2cccc(N)c2)s1. The first-order chi connectivity index (χ1) is 8.69. The molecular formula is C14H18N2OS. The second-order valence-corrected chi connectivity index (χ2v) is 5.40. The van der Waals surface area contributed by atoms with Crippen LogP contribution in [-0.2, 0) is 13.0 Å². The predicted octanol–water partition coefficient (Wildman–Crippen LogP) is 3.57. The molecule has 0 radical (unpaired) electrons. The van der Waals surface area contributed by atoms with E-state index in [9.17, 15) is 0 Å². The molecule has 1 aromatic heterocycles. The molecular weight excluding hydrogens is 244 g/mol. The van der Waals surface area contributed by atoms with Crippen molar-refractivity contribution >= 4 is 17.0 Å². The van der Waals surface area contributed by atoms with E-state index in [-0.39, 0.29) is 0 Å². The highest BCUT2D eigenvalue weighted by atomic mass is 32.1. The van der Waals surface area contributed by atoms with Crippen LogP contribution in [0.2, 0.25) is 0 Å². The number of aryl methyl sites for hydroxylation is 2. The first-order valence-corrected chi connectivity index (χ1v) is 6.94. The Labute approximate surface area is 112 Å². The van der Waals surface area contributed by atoms with Gasteiger partial charge in [-0.3, -0.25) is 0 Å². The lowest BCUT2D eigenvalue weighted by atomic mass is 10.3. The van der Waals surface area contributed by atoms with Crippen molar-refractivity contribution in [2.45, 2.75) is 33.3 Å². The quantitative estimate of drug-likeness (QED) is 0.838. The predicted molar refractivity (Wildman–Crippen MR) is 76.0 cm³/mol. The Hall–Kier alpha value is -1.55. The number of nitrogens with two attached hydrogens (primary N) is 1. The molecule has 4 heteroatoms. The lowest BCUT2D eigenvalue weighted by Crippen LogP contribution is -1.95. The van der Waals surface area contributed by atoms with Crippen LogP contribution in [0.3, 0.4) is 0 Å². The fraction of sp³-hybridized carbons (Fsp3) is 0.357. The number of rotatable bonds is 5. The van der Waals surface area contributed by atoms with E-state index in [1.54, 1.807) is 11.3 Å². The number of ether oxygens (including phenoxy) is 1. The first kappa shape index (κ1) is 12.9. The molecule has 0 saturated heterocycles. The second kappa shape index (κ2) is 5.87. The monoisotopic (exact) mass is 262 g/mol. The molecule has 0 saturated carbocycles. The van der Waals surface area contributed by atoms with Gasteiger partial charge in [-0.1, -0.05) is 13.0 Å². The van der Waals surface area contributed by atoms with Gasteiger partial charge in [-0.15, -0.1) is 11.3 Å². The van der Waals surface area contributed by atoms with Crippen molar-refractivity contribution in [2.24, 2.45) is 0 Å². The Kier molecular flexibility index (Phi) is 4.20. The Balaban J connectivity index is 2.01. The number of thiazole rings is 1. The first-order valence-electron chi connectivity index (χ1n) is 6.12. The number of benzene rings is 1. The van der Waals surface area contributed by atoms with Crippen molar-refractivity contribution in [3.8, 4) is 5.75 Å². The van der Waals surface area contributed by atoms with Crippen LogP contribution < -0.4 is 10.5 Å². The summed E-state index contributed by atoms with van der Waals surface area (Å²) in [5.74, 6) is 0.805. The number of hydrogen-bond acceptors (Lipinski definition) is 4. The zero-order valence-electron chi connectivity index (χ0n) is 10.8. The van der Waals surface area contributed by atoms with Gasteiger partial charge in [-0.05, 0) is 31.9 Å². The van der Waals surface area contributed by atoms with E-state index >= 15 is 0 Å². The summed E-state index contributed by atoms with van der Waals surface area (Å²) in [6, 6.07) is 7.50. The van der Waals surface area contributed by atoms with E-state index in [2.05, 4.69) is 11.9 Å². The van der Waals surface area contributed by atoms with Gasteiger partial charge in [0, 0.05) is 11.8 Å². The van der Waals surface area contributed by atoms with Crippen molar-refractivity contribution in [2.75, 3.05) is 5.73 Å². The Bertz CT molecular complexity index is 522. The third-order valence-electron chi connectivity index (χ3n) is 2.63. The lowest BCUT2D eigenvalue weighted by molar-refractivity contribution is 0.309. The van der Waals surface area contributed by atoms with E-state index in [4.69, 9.17) is 10.5 Å². The zero-order valence-corrected chi connectivity index (χ0v) is 11.6. The molecule has 0 amide bonds. The molecule has 3 nitrogen and oxygen atoms in total. The summed E-state index contributed by atoms with van der Waals surface area (Å²) in [5, 5.41) is 1.20. The van der Waals surface area contributed by atoms with Crippen LogP contribution in [0.15, 0.2) is 24.3 Å².